The van der Waals surface area contributed by atoms with Gasteiger partial charge in [0.15, 0.2) is 6.10 Å². The number of hydrogen-bond donors (Lipinski definition) is 2. The van der Waals surface area contributed by atoms with E-state index in [-0.39, 0.29) is 31.4 Å². The summed E-state index contributed by atoms with van der Waals surface area (Å²) in [4.78, 5) is 42.5. The van der Waals surface area contributed by atoms with Crippen LogP contribution in [0.5, 0.6) is 5.75 Å². The maximum absolute atomic E-state index is 13.5. The van der Waals surface area contributed by atoms with E-state index in [9.17, 15) is 19.5 Å². The lowest BCUT2D eigenvalue weighted by molar-refractivity contribution is -0.144. The maximum Gasteiger partial charge on any atom is 0.256 e. The van der Waals surface area contributed by atoms with E-state index < -0.39 is 18.1 Å². The normalized spacial score (nSPS) is 18.2. The molecular weight excluding hydrogens is 446 g/mol. The van der Waals surface area contributed by atoms with Gasteiger partial charge in [0.25, 0.3) is 11.8 Å². The van der Waals surface area contributed by atoms with Crippen LogP contribution in [-0.4, -0.2) is 65.4 Å². The molecule has 2 aliphatic heterocycles. The molecule has 5 rings (SSSR count). The summed E-state index contributed by atoms with van der Waals surface area (Å²) in [5.41, 5.74) is 3.08. The molecule has 3 aromatic rings. The molecule has 0 aromatic heterocycles. The van der Waals surface area contributed by atoms with Crippen LogP contribution in [0.15, 0.2) is 72.8 Å². The predicted molar refractivity (Wildman–Crippen MR) is 130 cm³/mol. The number of carbonyl (C=O) groups excluding carboxylic acids is 3. The standard InChI is InChI=1S/C27H25N3O5/c1-35-20-10-7-17(8-11-20)19-9-12-22-21(15-19)26(33)30-14-13-29(16-23(30)25(32)28-22)27(34)24(31)18-5-3-2-4-6-18/h2-12,15,23-24,31H,13-14,16H2,1H3,(H,28,32). The largest absolute Gasteiger partial charge is 0.497 e. The van der Waals surface area contributed by atoms with E-state index in [0.29, 0.717) is 16.8 Å². The number of anilines is 1. The van der Waals surface area contributed by atoms with Crippen LogP contribution in [0.4, 0.5) is 5.69 Å². The second kappa shape index (κ2) is 9.23. The van der Waals surface area contributed by atoms with Crippen molar-refractivity contribution in [2.45, 2.75) is 12.1 Å². The van der Waals surface area contributed by atoms with Gasteiger partial charge < -0.3 is 25.0 Å². The first-order valence-corrected chi connectivity index (χ1v) is 11.4. The summed E-state index contributed by atoms with van der Waals surface area (Å²) in [6.45, 7) is 0.432. The van der Waals surface area contributed by atoms with Crippen molar-refractivity contribution in [1.29, 1.82) is 0 Å². The van der Waals surface area contributed by atoms with Gasteiger partial charge in [-0.25, -0.2) is 0 Å². The zero-order valence-corrected chi connectivity index (χ0v) is 19.2. The third kappa shape index (κ3) is 4.24. The van der Waals surface area contributed by atoms with Crippen LogP contribution in [0.25, 0.3) is 11.1 Å². The molecule has 0 saturated carbocycles. The molecule has 3 amide bonds. The summed E-state index contributed by atoms with van der Waals surface area (Å²) in [5.74, 6) is -0.380. The van der Waals surface area contributed by atoms with E-state index in [4.69, 9.17) is 4.74 Å². The van der Waals surface area contributed by atoms with Gasteiger partial charge in [-0.2, -0.15) is 0 Å². The smallest absolute Gasteiger partial charge is 0.256 e. The topological polar surface area (TPSA) is 99.2 Å². The Morgan fingerprint density at radius 1 is 1.00 bits per heavy atom. The van der Waals surface area contributed by atoms with E-state index in [1.165, 1.54) is 9.80 Å². The summed E-state index contributed by atoms with van der Waals surface area (Å²) >= 11 is 0. The van der Waals surface area contributed by atoms with Gasteiger partial charge in [-0.15, -0.1) is 0 Å². The van der Waals surface area contributed by atoms with Gasteiger partial charge in [0, 0.05) is 13.1 Å². The fourth-order valence-corrected chi connectivity index (χ4v) is 4.57. The van der Waals surface area contributed by atoms with Crippen LogP contribution in [-0.2, 0) is 9.59 Å². The molecule has 35 heavy (non-hydrogen) atoms. The lowest BCUT2D eigenvalue weighted by atomic mass is 10.0. The number of nitrogens with one attached hydrogen (secondary N) is 1. The highest BCUT2D eigenvalue weighted by molar-refractivity contribution is 6.10. The molecule has 2 unspecified atom stereocenters. The summed E-state index contributed by atoms with van der Waals surface area (Å²) in [6, 6.07) is 20.7. The first-order valence-electron chi connectivity index (χ1n) is 11.4. The number of piperazine rings is 1. The van der Waals surface area contributed by atoms with Crippen LogP contribution in [0.2, 0.25) is 0 Å². The van der Waals surface area contributed by atoms with Gasteiger partial charge in [0.05, 0.1) is 24.9 Å². The molecule has 2 heterocycles. The quantitative estimate of drug-likeness (QED) is 0.610. The molecule has 0 aliphatic carbocycles. The highest BCUT2D eigenvalue weighted by atomic mass is 16.5. The average Bonchev–Trinajstić information content (AvgIpc) is 3.01. The van der Waals surface area contributed by atoms with Gasteiger partial charge in [-0.3, -0.25) is 14.4 Å². The molecule has 0 bridgehead atoms. The zero-order chi connectivity index (χ0) is 24.5. The Morgan fingerprint density at radius 2 is 1.71 bits per heavy atom. The number of aliphatic hydroxyl groups excluding tert-OH is 1. The van der Waals surface area contributed by atoms with E-state index in [2.05, 4.69) is 5.32 Å². The number of methoxy groups -OCH3 is 1. The van der Waals surface area contributed by atoms with Crippen molar-refractivity contribution in [2.24, 2.45) is 0 Å². The Kier molecular flexibility index (Phi) is 5.96. The Bertz CT molecular complexity index is 1280. The van der Waals surface area contributed by atoms with Gasteiger partial charge >= 0.3 is 0 Å². The molecule has 0 spiro atoms. The number of hydrogen-bond acceptors (Lipinski definition) is 5. The van der Waals surface area contributed by atoms with Crippen molar-refractivity contribution in [3.63, 3.8) is 0 Å². The molecule has 8 heteroatoms. The zero-order valence-electron chi connectivity index (χ0n) is 19.2. The molecular formula is C27H25N3O5. The number of carbonyl (C=O) groups is 3. The molecule has 0 radical (unpaired) electrons. The van der Waals surface area contributed by atoms with Crippen molar-refractivity contribution < 1.29 is 24.2 Å². The number of amides is 3. The average molecular weight is 472 g/mol. The molecule has 2 N–H and O–H groups in total. The summed E-state index contributed by atoms with van der Waals surface area (Å²) in [7, 11) is 1.60. The molecule has 178 valence electrons. The van der Waals surface area contributed by atoms with Gasteiger partial charge in [-0.05, 0) is 41.0 Å². The number of nitrogens with zero attached hydrogens (tertiary/aromatic N) is 2. The van der Waals surface area contributed by atoms with Crippen molar-refractivity contribution in [2.75, 3.05) is 32.1 Å². The van der Waals surface area contributed by atoms with Gasteiger partial charge in [-0.1, -0.05) is 48.5 Å². The first-order chi connectivity index (χ1) is 17.0. The fourth-order valence-electron chi connectivity index (χ4n) is 4.57. The lowest BCUT2D eigenvalue weighted by Crippen LogP contribution is -2.60. The molecule has 8 nitrogen and oxygen atoms in total. The Labute approximate surface area is 202 Å². The third-order valence-corrected chi connectivity index (χ3v) is 6.54. The predicted octanol–water partition coefficient (Wildman–Crippen LogP) is 2.70. The molecule has 1 fully saturated rings. The Hall–Kier alpha value is -4.17. The van der Waals surface area contributed by atoms with Crippen molar-refractivity contribution in [3.8, 4) is 16.9 Å². The monoisotopic (exact) mass is 471 g/mol. The highest BCUT2D eigenvalue weighted by Gasteiger charge is 2.41. The summed E-state index contributed by atoms with van der Waals surface area (Å²) in [6.07, 6.45) is -1.32. The fraction of sp³-hybridized carbons (Fsp3) is 0.222. The highest BCUT2D eigenvalue weighted by Crippen LogP contribution is 2.31. The number of aliphatic hydroxyl groups is 1. The van der Waals surface area contributed by atoms with E-state index in [1.807, 2.05) is 30.3 Å². The van der Waals surface area contributed by atoms with Crippen LogP contribution >= 0.6 is 0 Å². The lowest BCUT2D eigenvalue weighted by Gasteiger charge is -2.40. The second-order valence-electron chi connectivity index (χ2n) is 8.59. The minimum absolute atomic E-state index is 0.0135. The van der Waals surface area contributed by atoms with Crippen molar-refractivity contribution in [3.05, 3.63) is 83.9 Å². The van der Waals surface area contributed by atoms with Crippen molar-refractivity contribution >= 4 is 23.4 Å². The SMILES string of the molecule is COc1ccc(-c2ccc3c(c2)C(=O)N2CCN(C(=O)C(O)c4ccccc4)CC2C(=O)N3)cc1. The number of rotatable bonds is 4. The molecule has 3 aromatic carbocycles. The van der Waals surface area contributed by atoms with E-state index >= 15 is 0 Å². The van der Waals surface area contributed by atoms with E-state index in [1.54, 1.807) is 49.6 Å². The first kappa shape index (κ1) is 22.6. The van der Waals surface area contributed by atoms with Crippen LogP contribution in [0.1, 0.15) is 22.0 Å². The van der Waals surface area contributed by atoms with Crippen molar-refractivity contribution in [1.82, 2.24) is 9.80 Å². The summed E-state index contributed by atoms with van der Waals surface area (Å²) < 4.78 is 5.21. The minimum Gasteiger partial charge on any atom is -0.497 e. The van der Waals surface area contributed by atoms with Gasteiger partial charge in [0.1, 0.15) is 11.8 Å². The number of fused-ring (bicyclic) bond motifs is 2. The second-order valence-corrected chi connectivity index (χ2v) is 8.59. The van der Waals surface area contributed by atoms with Crippen LogP contribution in [0, 0.1) is 0 Å². The molecule has 1 saturated heterocycles. The number of ether oxygens (including phenoxy) is 1. The molecule has 2 aliphatic rings. The Balaban J connectivity index is 1.38. The van der Waals surface area contributed by atoms with E-state index in [0.717, 1.165) is 16.9 Å². The molecule has 2 atom stereocenters. The Morgan fingerprint density at radius 3 is 2.43 bits per heavy atom. The van der Waals surface area contributed by atoms with Gasteiger partial charge in [0.2, 0.25) is 5.91 Å². The summed E-state index contributed by atoms with van der Waals surface area (Å²) in [5, 5.41) is 13.4. The maximum atomic E-state index is 13.5. The minimum atomic E-state index is -1.32. The number of benzene rings is 3. The third-order valence-electron chi connectivity index (χ3n) is 6.54. The van der Waals surface area contributed by atoms with Crippen LogP contribution < -0.4 is 10.1 Å². The van der Waals surface area contributed by atoms with Crippen LogP contribution in [0.3, 0.4) is 0 Å².